The second-order valence-electron chi connectivity index (χ2n) is 7.27. The number of aromatic nitrogens is 2. The van der Waals surface area contributed by atoms with Crippen LogP contribution in [0.4, 0.5) is 5.82 Å². The number of aliphatic hydroxyl groups excluding tert-OH is 2. The summed E-state index contributed by atoms with van der Waals surface area (Å²) in [5.74, 6) is 0.990. The molecule has 2 aromatic heterocycles. The second-order valence-corrected chi connectivity index (χ2v) is 7.70. The van der Waals surface area contributed by atoms with Gasteiger partial charge in [-0.3, -0.25) is 0 Å². The number of aliphatic hydroxyl groups is 2. The van der Waals surface area contributed by atoms with Crippen LogP contribution in [0.5, 0.6) is 11.6 Å². The van der Waals surface area contributed by atoms with Crippen molar-refractivity contribution in [3.05, 3.63) is 76.6 Å². The highest BCUT2D eigenvalue weighted by molar-refractivity contribution is 6.30. The van der Waals surface area contributed by atoms with Crippen LogP contribution in [0, 0.1) is 22.7 Å². The van der Waals surface area contributed by atoms with E-state index in [0.29, 0.717) is 33.5 Å². The third kappa shape index (κ3) is 6.54. The van der Waals surface area contributed by atoms with Gasteiger partial charge in [0.15, 0.2) is 0 Å². The van der Waals surface area contributed by atoms with E-state index < -0.39 is 0 Å². The quantitative estimate of drug-likeness (QED) is 0.324. The average Bonchev–Trinajstić information content (AvgIpc) is 3.41. The van der Waals surface area contributed by atoms with Crippen molar-refractivity contribution in [2.24, 2.45) is 0 Å². The third-order valence-corrected chi connectivity index (χ3v) is 5.15. The van der Waals surface area contributed by atoms with Gasteiger partial charge in [-0.1, -0.05) is 23.7 Å². The Morgan fingerprint density at radius 2 is 1.57 bits per heavy atom. The Bertz CT molecular complexity index is 1420. The number of anilines is 1. The van der Waals surface area contributed by atoms with E-state index in [1.54, 1.807) is 55.6 Å². The molecule has 4 aromatic rings. The molecule has 2 heterocycles. The van der Waals surface area contributed by atoms with Gasteiger partial charge in [0.25, 0.3) is 0 Å². The first kappa shape index (κ1) is 27.0. The number of nitriles is 2. The fourth-order valence-corrected chi connectivity index (χ4v) is 3.32. The summed E-state index contributed by atoms with van der Waals surface area (Å²) in [4.78, 5) is 8.53. The standard InChI is InChI=1S/C24H16ClN5O3.C2H6O2/c1-31-18-8-4-14(5-9-18)21-19(10-26)22(28)30-24(20(21)11-27)33-13-17-12-32-23(29-17)15-2-6-16(25)7-3-15;3-1-2-4/h2-9,12H,13H2,1H3,(H2,28,30);3-4H,1-2H2. The Morgan fingerprint density at radius 1 is 0.946 bits per heavy atom. The predicted octanol–water partition coefficient (Wildman–Crippen LogP) is 3.94. The van der Waals surface area contributed by atoms with Gasteiger partial charge in [-0.25, -0.2) is 4.98 Å². The lowest BCUT2D eigenvalue weighted by Crippen LogP contribution is -2.06. The lowest BCUT2D eigenvalue weighted by Gasteiger charge is -2.13. The van der Waals surface area contributed by atoms with Gasteiger partial charge in [-0.15, -0.1) is 0 Å². The number of hydrogen-bond donors (Lipinski definition) is 3. The zero-order chi connectivity index (χ0) is 26.8. The molecule has 0 aliphatic rings. The van der Waals surface area contributed by atoms with Crippen LogP contribution in [0.3, 0.4) is 0 Å². The first-order valence-electron chi connectivity index (χ1n) is 10.8. The van der Waals surface area contributed by atoms with Gasteiger partial charge in [-0.05, 0) is 42.0 Å². The summed E-state index contributed by atoms with van der Waals surface area (Å²) in [6.45, 7) is -0.272. The summed E-state index contributed by atoms with van der Waals surface area (Å²) in [6, 6.07) is 18.1. The van der Waals surface area contributed by atoms with Gasteiger partial charge in [0.05, 0.1) is 20.3 Å². The lowest BCUT2D eigenvalue weighted by atomic mass is 9.96. The monoisotopic (exact) mass is 519 g/mol. The van der Waals surface area contributed by atoms with Crippen LogP contribution < -0.4 is 15.2 Å². The van der Waals surface area contributed by atoms with Crippen LogP contribution in [0.2, 0.25) is 5.02 Å². The number of hydrogen-bond acceptors (Lipinski definition) is 10. The van der Waals surface area contributed by atoms with Crippen molar-refractivity contribution in [1.29, 1.82) is 10.5 Å². The summed E-state index contributed by atoms with van der Waals surface area (Å²) in [5.41, 5.74) is 8.39. The molecule has 0 atom stereocenters. The molecule has 0 spiro atoms. The molecule has 0 amide bonds. The number of pyridine rings is 1. The van der Waals surface area contributed by atoms with Gasteiger partial charge in [0.1, 0.15) is 53.4 Å². The molecule has 0 fully saturated rings. The van der Waals surface area contributed by atoms with Crippen LogP contribution in [-0.2, 0) is 6.61 Å². The van der Waals surface area contributed by atoms with E-state index in [1.165, 1.54) is 6.26 Å². The van der Waals surface area contributed by atoms with E-state index in [9.17, 15) is 10.5 Å². The van der Waals surface area contributed by atoms with E-state index in [4.69, 9.17) is 41.4 Å². The van der Waals surface area contributed by atoms with Gasteiger partial charge < -0.3 is 29.8 Å². The van der Waals surface area contributed by atoms with Gasteiger partial charge in [0.2, 0.25) is 11.8 Å². The fraction of sp³-hybridized carbons (Fsp3) is 0.154. The minimum atomic E-state index is -0.125. The highest BCUT2D eigenvalue weighted by atomic mass is 35.5. The van der Waals surface area contributed by atoms with Gasteiger partial charge in [-0.2, -0.15) is 15.5 Å². The Morgan fingerprint density at radius 3 is 2.14 bits per heavy atom. The highest BCUT2D eigenvalue weighted by Gasteiger charge is 2.22. The molecule has 0 aliphatic heterocycles. The van der Waals surface area contributed by atoms with Crippen LogP contribution in [0.1, 0.15) is 16.8 Å². The minimum absolute atomic E-state index is 0.00383. The summed E-state index contributed by atoms with van der Waals surface area (Å²) in [7, 11) is 1.55. The van der Waals surface area contributed by atoms with Crippen molar-refractivity contribution in [2.45, 2.75) is 6.61 Å². The van der Waals surface area contributed by atoms with Crippen LogP contribution >= 0.6 is 11.6 Å². The summed E-state index contributed by atoms with van der Waals surface area (Å²) < 4.78 is 16.5. The predicted molar refractivity (Wildman–Crippen MR) is 136 cm³/mol. The molecule has 4 N–H and O–H groups in total. The smallest absolute Gasteiger partial charge is 0.234 e. The molecule has 188 valence electrons. The van der Waals surface area contributed by atoms with Crippen molar-refractivity contribution in [3.8, 4) is 46.3 Å². The number of halogens is 1. The molecule has 0 saturated carbocycles. The molecule has 2 aromatic carbocycles. The van der Waals surface area contributed by atoms with Crippen LogP contribution in [0.25, 0.3) is 22.6 Å². The molecule has 4 rings (SSSR count). The topological polar surface area (TPSA) is 171 Å². The Hall–Kier alpha value is -4.61. The first-order chi connectivity index (χ1) is 17.9. The van der Waals surface area contributed by atoms with Crippen molar-refractivity contribution >= 4 is 17.4 Å². The molecule has 10 nitrogen and oxygen atoms in total. The summed E-state index contributed by atoms with van der Waals surface area (Å²) in [5, 5.41) is 35.3. The molecule has 0 aliphatic carbocycles. The Balaban J connectivity index is 0.000000886. The largest absolute Gasteiger partial charge is 0.497 e. The maximum absolute atomic E-state index is 9.85. The number of nitrogens with zero attached hydrogens (tertiary/aromatic N) is 4. The van der Waals surface area contributed by atoms with Crippen molar-refractivity contribution in [2.75, 3.05) is 26.1 Å². The molecule has 0 bridgehead atoms. The van der Waals surface area contributed by atoms with Gasteiger partial charge in [0, 0.05) is 16.1 Å². The third-order valence-electron chi connectivity index (χ3n) is 4.89. The lowest BCUT2D eigenvalue weighted by molar-refractivity contribution is 0.186. The van der Waals surface area contributed by atoms with Gasteiger partial charge >= 0.3 is 0 Å². The number of nitrogens with two attached hydrogens (primary N) is 1. The van der Waals surface area contributed by atoms with Crippen molar-refractivity contribution in [1.82, 2.24) is 9.97 Å². The SMILES string of the molecule is COc1ccc(-c2c(C#N)c(N)nc(OCc3coc(-c4ccc(Cl)cc4)n3)c2C#N)cc1.OCCO. The number of rotatable bonds is 7. The van der Waals surface area contributed by atoms with Crippen LogP contribution in [0.15, 0.2) is 59.2 Å². The first-order valence-corrected chi connectivity index (χ1v) is 11.2. The summed E-state index contributed by atoms with van der Waals surface area (Å²) in [6.07, 6.45) is 1.45. The molecule has 0 saturated heterocycles. The molecular formula is C26H22ClN5O5. The molecule has 0 unspecified atom stereocenters. The highest BCUT2D eigenvalue weighted by Crippen LogP contribution is 2.36. The number of oxazole rings is 1. The number of benzene rings is 2. The normalized spacial score (nSPS) is 10.0. The van der Waals surface area contributed by atoms with E-state index >= 15 is 0 Å². The van der Waals surface area contributed by atoms with E-state index in [2.05, 4.69) is 16.0 Å². The Kier molecular flexibility index (Phi) is 9.41. The minimum Gasteiger partial charge on any atom is -0.497 e. The van der Waals surface area contributed by atoms with Crippen molar-refractivity contribution in [3.63, 3.8) is 0 Å². The molecule has 11 heteroatoms. The zero-order valence-electron chi connectivity index (χ0n) is 19.7. The number of nitrogen functional groups attached to an aromatic ring is 1. The van der Waals surface area contributed by atoms with Crippen molar-refractivity contribution < 1.29 is 24.1 Å². The second kappa shape index (κ2) is 12.9. The number of ether oxygens (including phenoxy) is 2. The summed E-state index contributed by atoms with van der Waals surface area (Å²) >= 11 is 5.92. The molecule has 37 heavy (non-hydrogen) atoms. The van der Waals surface area contributed by atoms with E-state index in [0.717, 1.165) is 5.56 Å². The maximum atomic E-state index is 9.85. The molecular weight excluding hydrogens is 498 g/mol. The average molecular weight is 520 g/mol. The Labute approximate surface area is 217 Å². The maximum Gasteiger partial charge on any atom is 0.234 e. The van der Waals surface area contributed by atoms with E-state index in [1.807, 2.05) is 6.07 Å². The zero-order valence-corrected chi connectivity index (χ0v) is 20.4. The van der Waals surface area contributed by atoms with Crippen LogP contribution in [-0.4, -0.2) is 40.5 Å². The number of methoxy groups -OCH3 is 1. The van der Waals surface area contributed by atoms with E-state index in [-0.39, 0.29) is 42.6 Å². The molecule has 0 radical (unpaired) electrons. The fourth-order valence-electron chi connectivity index (χ4n) is 3.19.